The highest BCUT2D eigenvalue weighted by molar-refractivity contribution is 9.10. The Balaban J connectivity index is 1.55. The number of carbonyl (C=O) groups is 1. The van der Waals surface area contributed by atoms with Crippen LogP contribution in [0.3, 0.4) is 0 Å². The number of rotatable bonds is 4. The van der Waals surface area contributed by atoms with Crippen LogP contribution in [0.5, 0.6) is 5.75 Å². The fourth-order valence-corrected chi connectivity index (χ4v) is 4.89. The summed E-state index contributed by atoms with van der Waals surface area (Å²) in [5.41, 5.74) is 7.88. The van der Waals surface area contributed by atoms with Gasteiger partial charge in [0.05, 0.1) is 13.3 Å². The van der Waals surface area contributed by atoms with Gasteiger partial charge in [-0.2, -0.15) is 5.10 Å². The van der Waals surface area contributed by atoms with E-state index in [-0.39, 0.29) is 11.3 Å². The summed E-state index contributed by atoms with van der Waals surface area (Å²) in [4.78, 5) is 14.9. The number of ether oxygens (including phenoxy) is 1. The fourth-order valence-electron chi connectivity index (χ4n) is 4.44. The van der Waals surface area contributed by atoms with Gasteiger partial charge in [-0.05, 0) is 80.1 Å². The van der Waals surface area contributed by atoms with Crippen LogP contribution in [0.15, 0.2) is 44.3 Å². The van der Waals surface area contributed by atoms with Gasteiger partial charge in [-0.1, -0.05) is 22.9 Å². The molecule has 7 heteroatoms. The summed E-state index contributed by atoms with van der Waals surface area (Å²) in [6.07, 6.45) is 2.78. The first-order chi connectivity index (χ1) is 15.1. The number of furan rings is 1. The van der Waals surface area contributed by atoms with E-state index in [0.717, 1.165) is 27.4 Å². The maximum absolute atomic E-state index is 12.6. The topological polar surface area (TPSA) is 67.1 Å². The van der Waals surface area contributed by atoms with Gasteiger partial charge in [0.1, 0.15) is 0 Å². The van der Waals surface area contributed by atoms with E-state index in [0.29, 0.717) is 17.3 Å². The molecule has 1 atom stereocenters. The maximum Gasteiger partial charge on any atom is 0.307 e. The Kier molecular flexibility index (Phi) is 5.79. The molecule has 1 aliphatic heterocycles. The van der Waals surface area contributed by atoms with Crippen LogP contribution >= 0.6 is 15.9 Å². The fraction of sp³-hybridized carbons (Fsp3) is 0.360. The van der Waals surface area contributed by atoms with Crippen molar-refractivity contribution in [2.45, 2.75) is 45.6 Å². The van der Waals surface area contributed by atoms with E-state index in [1.54, 1.807) is 25.5 Å². The number of hydrogen-bond donors (Lipinski definition) is 1. The number of aryl methyl sites for hydroxylation is 1. The van der Waals surface area contributed by atoms with Crippen LogP contribution in [0.25, 0.3) is 11.0 Å². The highest BCUT2D eigenvalue weighted by Gasteiger charge is 2.34. The molecular weight excluding hydrogens is 470 g/mol. The Morgan fingerprint density at radius 1 is 1.31 bits per heavy atom. The standard InChI is InChI=1S/C25H28BrN3O3/c1-14-7-20-19(15(2)12-25(3,4)29(20)5)9-17(14)13-27-28-24(30)22-10-16-8-18(26)11-21(31-6)23(16)32-22/h7-11,13,15H,12H2,1-6H3,(H,28,30)/b27-13-. The zero-order valence-electron chi connectivity index (χ0n) is 19.2. The molecule has 0 spiro atoms. The Hall–Kier alpha value is -2.80. The summed E-state index contributed by atoms with van der Waals surface area (Å²) >= 11 is 3.44. The lowest BCUT2D eigenvalue weighted by atomic mass is 9.79. The molecule has 0 fully saturated rings. The average Bonchev–Trinajstić information content (AvgIpc) is 3.16. The van der Waals surface area contributed by atoms with Crippen molar-refractivity contribution in [3.8, 4) is 5.75 Å². The van der Waals surface area contributed by atoms with Gasteiger partial charge in [-0.15, -0.1) is 0 Å². The van der Waals surface area contributed by atoms with Crippen molar-refractivity contribution < 1.29 is 13.9 Å². The summed E-state index contributed by atoms with van der Waals surface area (Å²) in [5, 5.41) is 4.97. The molecular formula is C25H28BrN3O3. The summed E-state index contributed by atoms with van der Waals surface area (Å²) < 4.78 is 11.9. The minimum absolute atomic E-state index is 0.118. The summed E-state index contributed by atoms with van der Waals surface area (Å²) in [5.74, 6) is 0.765. The number of amides is 1. The molecule has 2 heterocycles. The number of anilines is 1. The predicted octanol–water partition coefficient (Wildman–Crippen LogP) is 6.00. The third-order valence-corrected chi connectivity index (χ3v) is 6.84. The first-order valence-electron chi connectivity index (χ1n) is 10.6. The van der Waals surface area contributed by atoms with Gasteiger partial charge < -0.3 is 14.1 Å². The van der Waals surface area contributed by atoms with Crippen LogP contribution in [-0.2, 0) is 0 Å². The Bertz CT molecular complexity index is 1230. The minimum Gasteiger partial charge on any atom is -0.493 e. The third-order valence-electron chi connectivity index (χ3n) is 6.38. The van der Waals surface area contributed by atoms with Crippen molar-refractivity contribution in [1.29, 1.82) is 0 Å². The van der Waals surface area contributed by atoms with Crippen molar-refractivity contribution in [3.05, 3.63) is 57.3 Å². The van der Waals surface area contributed by atoms with Gasteiger partial charge in [0.2, 0.25) is 0 Å². The van der Waals surface area contributed by atoms with E-state index in [9.17, 15) is 4.79 Å². The molecule has 3 aromatic rings. The van der Waals surface area contributed by atoms with Crippen LogP contribution in [0.1, 0.15) is 60.4 Å². The second-order valence-corrected chi connectivity index (χ2v) is 10.00. The number of nitrogens with one attached hydrogen (secondary N) is 1. The monoisotopic (exact) mass is 497 g/mol. The second kappa shape index (κ2) is 8.28. The SMILES string of the molecule is COc1cc(Br)cc2cc(C(=O)N/N=C\c3cc4c(cc3C)N(C)C(C)(C)CC4C)oc12. The number of nitrogens with zero attached hydrogens (tertiary/aromatic N) is 2. The highest BCUT2D eigenvalue weighted by atomic mass is 79.9. The molecule has 6 nitrogen and oxygen atoms in total. The molecule has 168 valence electrons. The number of halogens is 1. The molecule has 0 saturated heterocycles. The lowest BCUT2D eigenvalue weighted by Gasteiger charge is -2.45. The van der Waals surface area contributed by atoms with Crippen molar-refractivity contribution in [3.63, 3.8) is 0 Å². The van der Waals surface area contributed by atoms with E-state index in [1.807, 2.05) is 6.07 Å². The van der Waals surface area contributed by atoms with Crippen LogP contribution in [-0.4, -0.2) is 31.8 Å². The zero-order chi connectivity index (χ0) is 23.2. The maximum atomic E-state index is 12.6. The molecule has 1 amide bonds. The van der Waals surface area contributed by atoms with Crippen molar-refractivity contribution in [2.24, 2.45) is 5.10 Å². The van der Waals surface area contributed by atoms with Gasteiger partial charge in [0, 0.05) is 28.1 Å². The average molecular weight is 498 g/mol. The quantitative estimate of drug-likeness (QED) is 0.354. The molecule has 0 saturated carbocycles. The lowest BCUT2D eigenvalue weighted by molar-refractivity contribution is 0.0929. The molecule has 1 N–H and O–H groups in total. The minimum atomic E-state index is -0.416. The first kappa shape index (κ1) is 22.4. The van der Waals surface area contributed by atoms with E-state index in [2.05, 4.69) is 78.2 Å². The lowest BCUT2D eigenvalue weighted by Crippen LogP contribution is -2.45. The van der Waals surface area contributed by atoms with Crippen LogP contribution in [0.4, 0.5) is 5.69 Å². The molecule has 0 radical (unpaired) electrons. The second-order valence-electron chi connectivity index (χ2n) is 9.08. The van der Waals surface area contributed by atoms with Crippen LogP contribution in [0.2, 0.25) is 0 Å². The van der Waals surface area contributed by atoms with Gasteiger partial charge >= 0.3 is 5.91 Å². The van der Waals surface area contributed by atoms with Crippen molar-refractivity contribution >= 4 is 44.7 Å². The predicted molar refractivity (Wildman–Crippen MR) is 132 cm³/mol. The smallest absolute Gasteiger partial charge is 0.307 e. The van der Waals surface area contributed by atoms with E-state index in [1.165, 1.54) is 11.3 Å². The molecule has 4 rings (SSSR count). The Morgan fingerprint density at radius 3 is 2.78 bits per heavy atom. The van der Waals surface area contributed by atoms with Crippen LogP contribution < -0.4 is 15.1 Å². The van der Waals surface area contributed by atoms with Crippen molar-refractivity contribution in [2.75, 3.05) is 19.1 Å². The van der Waals surface area contributed by atoms with Gasteiger partial charge in [-0.3, -0.25) is 4.79 Å². The first-order valence-corrected chi connectivity index (χ1v) is 11.4. The van der Waals surface area contributed by atoms with E-state index < -0.39 is 5.91 Å². The molecule has 0 bridgehead atoms. The van der Waals surface area contributed by atoms with Gasteiger partial charge in [-0.25, -0.2) is 5.43 Å². The van der Waals surface area contributed by atoms with E-state index >= 15 is 0 Å². The number of hydrazone groups is 1. The summed E-state index contributed by atoms with van der Waals surface area (Å²) in [6, 6.07) is 9.73. The molecule has 2 aromatic carbocycles. The van der Waals surface area contributed by atoms with Crippen molar-refractivity contribution in [1.82, 2.24) is 5.43 Å². The summed E-state index contributed by atoms with van der Waals surface area (Å²) in [6.45, 7) is 8.88. The van der Waals surface area contributed by atoms with E-state index in [4.69, 9.17) is 9.15 Å². The molecule has 1 unspecified atom stereocenters. The zero-order valence-corrected chi connectivity index (χ0v) is 20.8. The molecule has 1 aromatic heterocycles. The summed E-state index contributed by atoms with van der Waals surface area (Å²) in [7, 11) is 3.72. The Morgan fingerprint density at radius 2 is 2.06 bits per heavy atom. The molecule has 32 heavy (non-hydrogen) atoms. The van der Waals surface area contributed by atoms with Gasteiger partial charge in [0.25, 0.3) is 0 Å². The number of benzene rings is 2. The number of hydrogen-bond acceptors (Lipinski definition) is 5. The third kappa shape index (κ3) is 4.01. The molecule has 1 aliphatic rings. The van der Waals surface area contributed by atoms with Gasteiger partial charge in [0.15, 0.2) is 17.1 Å². The number of carbonyl (C=O) groups excluding carboxylic acids is 1. The molecule has 0 aliphatic carbocycles. The highest BCUT2D eigenvalue weighted by Crippen LogP contribution is 2.43. The normalized spacial score (nSPS) is 17.6. The largest absolute Gasteiger partial charge is 0.493 e. The van der Waals surface area contributed by atoms with Crippen LogP contribution in [0, 0.1) is 6.92 Å². The number of fused-ring (bicyclic) bond motifs is 2. The Labute approximate surface area is 196 Å². The number of methoxy groups -OCH3 is 1.